The fraction of sp³-hybridized carbons (Fsp3) is 0.438. The Morgan fingerprint density at radius 3 is 2.76 bits per heavy atom. The van der Waals surface area contributed by atoms with Crippen molar-refractivity contribution in [2.45, 2.75) is 39.3 Å². The largest absolute Gasteiger partial charge is 0.352 e. The van der Waals surface area contributed by atoms with Gasteiger partial charge in [0.05, 0.1) is 12.2 Å². The fourth-order valence-electron chi connectivity index (χ4n) is 2.79. The summed E-state index contributed by atoms with van der Waals surface area (Å²) in [4.78, 5) is 35.1. The molecule has 132 valence electrons. The van der Waals surface area contributed by atoms with Crippen LogP contribution in [0.5, 0.6) is 0 Å². The average Bonchev–Trinajstić information content (AvgIpc) is 3.14. The van der Waals surface area contributed by atoms with Gasteiger partial charge in [-0.1, -0.05) is 0 Å². The normalized spacial score (nSPS) is 16.7. The first-order valence-electron chi connectivity index (χ1n) is 8.13. The molecule has 2 amide bonds. The Labute approximate surface area is 144 Å². The summed E-state index contributed by atoms with van der Waals surface area (Å²) in [6.07, 6.45) is 0.861. The number of carbonyl (C=O) groups is 2. The van der Waals surface area contributed by atoms with Crippen LogP contribution >= 0.6 is 0 Å². The molecule has 3 heterocycles. The van der Waals surface area contributed by atoms with Crippen molar-refractivity contribution in [1.82, 2.24) is 30.2 Å². The second-order valence-corrected chi connectivity index (χ2v) is 6.04. The van der Waals surface area contributed by atoms with Crippen LogP contribution in [0.1, 0.15) is 24.2 Å². The number of hydrogen-bond acceptors (Lipinski definition) is 5. The molecular formula is C16H20N6O3. The Bertz CT molecular complexity index is 869. The number of aromatic nitrogens is 4. The highest BCUT2D eigenvalue weighted by Gasteiger charge is 2.26. The smallest absolute Gasteiger partial charge is 0.266 e. The molecule has 9 nitrogen and oxygen atoms in total. The lowest BCUT2D eigenvalue weighted by Gasteiger charge is -2.12. The average molecular weight is 344 g/mol. The summed E-state index contributed by atoms with van der Waals surface area (Å²) in [5.74, 6) is 0.184. The fourth-order valence-corrected chi connectivity index (χ4v) is 2.79. The summed E-state index contributed by atoms with van der Waals surface area (Å²) >= 11 is 0. The van der Waals surface area contributed by atoms with Gasteiger partial charge in [0, 0.05) is 24.7 Å². The van der Waals surface area contributed by atoms with E-state index in [1.807, 2.05) is 19.9 Å². The van der Waals surface area contributed by atoms with E-state index in [4.69, 9.17) is 0 Å². The number of amides is 2. The van der Waals surface area contributed by atoms with Gasteiger partial charge in [0.15, 0.2) is 5.82 Å². The molecule has 0 aromatic carbocycles. The van der Waals surface area contributed by atoms with Gasteiger partial charge in [-0.2, -0.15) is 5.10 Å². The van der Waals surface area contributed by atoms with Crippen molar-refractivity contribution in [2.24, 2.45) is 0 Å². The number of aryl methyl sites for hydroxylation is 2. The Morgan fingerprint density at radius 2 is 2.12 bits per heavy atom. The van der Waals surface area contributed by atoms with E-state index in [0.29, 0.717) is 18.7 Å². The number of rotatable bonds is 5. The van der Waals surface area contributed by atoms with Gasteiger partial charge in [-0.15, -0.1) is 5.10 Å². The van der Waals surface area contributed by atoms with Gasteiger partial charge in [-0.05, 0) is 32.4 Å². The van der Waals surface area contributed by atoms with Crippen molar-refractivity contribution >= 4 is 11.8 Å². The Kier molecular flexibility index (Phi) is 4.64. The summed E-state index contributed by atoms with van der Waals surface area (Å²) < 4.78 is 2.96. The van der Waals surface area contributed by atoms with Crippen LogP contribution in [0.25, 0.3) is 5.82 Å². The second-order valence-electron chi connectivity index (χ2n) is 6.04. The van der Waals surface area contributed by atoms with Crippen LogP contribution in [0.4, 0.5) is 0 Å². The van der Waals surface area contributed by atoms with Crippen molar-refractivity contribution in [3.8, 4) is 5.82 Å². The molecule has 0 spiro atoms. The van der Waals surface area contributed by atoms with E-state index in [9.17, 15) is 14.4 Å². The highest BCUT2D eigenvalue weighted by molar-refractivity contribution is 5.90. The van der Waals surface area contributed by atoms with Crippen LogP contribution in [0.3, 0.4) is 0 Å². The molecule has 1 atom stereocenters. The molecule has 0 bridgehead atoms. The summed E-state index contributed by atoms with van der Waals surface area (Å²) in [5.41, 5.74) is 1.53. The van der Waals surface area contributed by atoms with Gasteiger partial charge in [-0.3, -0.25) is 14.4 Å². The lowest BCUT2D eigenvalue weighted by atomic mass is 10.2. The SMILES string of the molecule is Cc1cc(C)n(-c2ccc(=O)n(CCNC(=O)C3CCC(=O)N3)n2)n1. The zero-order valence-electron chi connectivity index (χ0n) is 14.2. The molecule has 0 aliphatic carbocycles. The molecule has 2 aromatic rings. The molecule has 2 N–H and O–H groups in total. The van der Waals surface area contributed by atoms with Crippen molar-refractivity contribution in [3.05, 3.63) is 39.9 Å². The van der Waals surface area contributed by atoms with E-state index in [-0.39, 0.29) is 30.5 Å². The standard InChI is InChI=1S/C16H20N6O3/c1-10-9-11(2)22(19-10)13-4-6-15(24)21(20-13)8-7-17-16(25)12-3-5-14(23)18-12/h4,6,9,12H,3,5,7-8H2,1-2H3,(H,17,25)(H,18,23). The van der Waals surface area contributed by atoms with Gasteiger partial charge in [-0.25, -0.2) is 9.36 Å². The van der Waals surface area contributed by atoms with Gasteiger partial charge in [0.25, 0.3) is 5.56 Å². The topological polar surface area (TPSA) is 111 Å². The van der Waals surface area contributed by atoms with Crippen LogP contribution in [0.15, 0.2) is 23.0 Å². The molecule has 0 radical (unpaired) electrons. The van der Waals surface area contributed by atoms with Crippen LogP contribution in [-0.4, -0.2) is 44.0 Å². The van der Waals surface area contributed by atoms with Crippen molar-refractivity contribution in [2.75, 3.05) is 6.54 Å². The van der Waals surface area contributed by atoms with Crippen molar-refractivity contribution in [1.29, 1.82) is 0 Å². The van der Waals surface area contributed by atoms with E-state index in [1.54, 1.807) is 10.7 Å². The zero-order chi connectivity index (χ0) is 18.0. The number of carbonyl (C=O) groups excluding carboxylic acids is 2. The van der Waals surface area contributed by atoms with E-state index < -0.39 is 6.04 Å². The second kappa shape index (κ2) is 6.88. The summed E-state index contributed by atoms with van der Waals surface area (Å²) in [7, 11) is 0. The number of nitrogens with zero attached hydrogens (tertiary/aromatic N) is 4. The monoisotopic (exact) mass is 344 g/mol. The molecule has 2 aromatic heterocycles. The van der Waals surface area contributed by atoms with Gasteiger partial charge >= 0.3 is 0 Å². The first-order valence-corrected chi connectivity index (χ1v) is 8.13. The first kappa shape index (κ1) is 16.9. The van der Waals surface area contributed by atoms with Gasteiger partial charge in [0.2, 0.25) is 11.8 Å². The maximum absolute atomic E-state index is 12.0. The maximum Gasteiger partial charge on any atom is 0.266 e. The molecule has 3 rings (SSSR count). The minimum atomic E-state index is -0.488. The van der Waals surface area contributed by atoms with E-state index >= 15 is 0 Å². The Hall–Kier alpha value is -2.97. The Morgan fingerprint density at radius 1 is 1.32 bits per heavy atom. The minimum Gasteiger partial charge on any atom is -0.352 e. The Balaban J connectivity index is 1.65. The third-order valence-electron chi connectivity index (χ3n) is 4.01. The number of hydrogen-bond donors (Lipinski definition) is 2. The molecule has 1 unspecified atom stereocenters. The summed E-state index contributed by atoms with van der Waals surface area (Å²) in [5, 5.41) is 14.0. The first-order chi connectivity index (χ1) is 11.9. The van der Waals surface area contributed by atoms with Crippen LogP contribution in [0.2, 0.25) is 0 Å². The molecular weight excluding hydrogens is 324 g/mol. The minimum absolute atomic E-state index is 0.115. The lowest BCUT2D eigenvalue weighted by Crippen LogP contribution is -2.43. The highest BCUT2D eigenvalue weighted by atomic mass is 16.2. The van der Waals surface area contributed by atoms with Crippen molar-refractivity contribution in [3.63, 3.8) is 0 Å². The molecule has 0 saturated carbocycles. The maximum atomic E-state index is 12.0. The predicted molar refractivity (Wildman–Crippen MR) is 89.3 cm³/mol. The van der Waals surface area contributed by atoms with E-state index in [1.165, 1.54) is 10.7 Å². The quantitative estimate of drug-likeness (QED) is 0.755. The molecule has 1 aliphatic heterocycles. The van der Waals surface area contributed by atoms with Crippen molar-refractivity contribution < 1.29 is 9.59 Å². The predicted octanol–water partition coefficient (Wildman–Crippen LogP) is -0.559. The van der Waals surface area contributed by atoms with Gasteiger partial charge < -0.3 is 10.6 Å². The van der Waals surface area contributed by atoms with Crippen LogP contribution < -0.4 is 16.2 Å². The summed E-state index contributed by atoms with van der Waals surface area (Å²) in [6, 6.07) is 4.48. The van der Waals surface area contributed by atoms with Crippen LogP contribution in [0, 0.1) is 13.8 Å². The third-order valence-corrected chi connectivity index (χ3v) is 4.01. The third kappa shape index (κ3) is 3.76. The number of nitrogens with one attached hydrogen (secondary N) is 2. The lowest BCUT2D eigenvalue weighted by molar-refractivity contribution is -0.125. The van der Waals surface area contributed by atoms with E-state index in [2.05, 4.69) is 20.8 Å². The molecule has 1 aliphatic rings. The van der Waals surface area contributed by atoms with Crippen LogP contribution in [-0.2, 0) is 16.1 Å². The molecule has 9 heteroatoms. The van der Waals surface area contributed by atoms with E-state index in [0.717, 1.165) is 11.4 Å². The molecule has 1 fully saturated rings. The van der Waals surface area contributed by atoms with Gasteiger partial charge in [0.1, 0.15) is 6.04 Å². The summed E-state index contributed by atoms with van der Waals surface area (Å²) in [6.45, 7) is 4.28. The molecule has 25 heavy (non-hydrogen) atoms. The highest BCUT2D eigenvalue weighted by Crippen LogP contribution is 2.08. The molecule has 1 saturated heterocycles. The zero-order valence-corrected chi connectivity index (χ0v) is 14.2.